The number of sulfonamides is 1. The molecular formula is C18H27N3O2S. The standard InChI is InChI=1S/C18H27N3O2S/c1-4-21(5-2)13-7-8-15(3)20-24(22,23)18-10-6-9-16-14-19-12-11-17(16)18/h6,9-12,14-15,20H,4-5,7-8,13H2,1-3H3. The molecule has 132 valence electrons. The lowest BCUT2D eigenvalue weighted by Crippen LogP contribution is -2.33. The minimum atomic E-state index is -3.54. The molecule has 1 heterocycles. The number of hydrogen-bond acceptors (Lipinski definition) is 4. The van der Waals surface area contributed by atoms with Crippen LogP contribution in [-0.2, 0) is 10.0 Å². The summed E-state index contributed by atoms with van der Waals surface area (Å²) in [6.07, 6.45) is 5.10. The van der Waals surface area contributed by atoms with Gasteiger partial charge in [0.1, 0.15) is 0 Å². The SMILES string of the molecule is CCN(CC)CCCC(C)NS(=O)(=O)c1cccc2cnccc12. The van der Waals surface area contributed by atoms with Gasteiger partial charge in [-0.1, -0.05) is 26.0 Å². The summed E-state index contributed by atoms with van der Waals surface area (Å²) in [4.78, 5) is 6.71. The molecule has 0 aliphatic carbocycles. The van der Waals surface area contributed by atoms with Gasteiger partial charge in [-0.05, 0) is 51.5 Å². The fraction of sp³-hybridized carbons (Fsp3) is 0.500. The Morgan fingerprint density at radius 2 is 1.96 bits per heavy atom. The molecule has 24 heavy (non-hydrogen) atoms. The van der Waals surface area contributed by atoms with Gasteiger partial charge in [0.15, 0.2) is 0 Å². The van der Waals surface area contributed by atoms with Gasteiger partial charge >= 0.3 is 0 Å². The van der Waals surface area contributed by atoms with E-state index >= 15 is 0 Å². The Morgan fingerprint density at radius 1 is 1.21 bits per heavy atom. The van der Waals surface area contributed by atoms with Gasteiger partial charge in [0, 0.05) is 29.2 Å². The van der Waals surface area contributed by atoms with Gasteiger partial charge in [0.05, 0.1) is 4.90 Å². The van der Waals surface area contributed by atoms with Crippen LogP contribution in [0.1, 0.15) is 33.6 Å². The Morgan fingerprint density at radius 3 is 2.67 bits per heavy atom. The van der Waals surface area contributed by atoms with E-state index in [9.17, 15) is 8.42 Å². The van der Waals surface area contributed by atoms with E-state index in [1.54, 1.807) is 30.6 Å². The molecule has 0 radical (unpaired) electrons. The quantitative estimate of drug-likeness (QED) is 0.756. The maximum absolute atomic E-state index is 12.7. The van der Waals surface area contributed by atoms with E-state index in [4.69, 9.17) is 0 Å². The van der Waals surface area contributed by atoms with Crippen LogP contribution in [0.5, 0.6) is 0 Å². The highest BCUT2D eigenvalue weighted by Crippen LogP contribution is 2.22. The molecule has 2 aromatic rings. The number of rotatable bonds is 9. The summed E-state index contributed by atoms with van der Waals surface area (Å²) in [5, 5.41) is 1.53. The first-order valence-corrected chi connectivity index (χ1v) is 10.0. The fourth-order valence-corrected chi connectivity index (χ4v) is 4.38. The molecule has 1 aromatic carbocycles. The molecule has 0 amide bonds. The lowest BCUT2D eigenvalue weighted by atomic mass is 10.2. The van der Waals surface area contributed by atoms with Crippen molar-refractivity contribution in [1.29, 1.82) is 0 Å². The summed E-state index contributed by atoms with van der Waals surface area (Å²) < 4.78 is 28.3. The van der Waals surface area contributed by atoms with E-state index < -0.39 is 10.0 Å². The van der Waals surface area contributed by atoms with Crippen molar-refractivity contribution in [3.63, 3.8) is 0 Å². The van der Waals surface area contributed by atoms with E-state index in [-0.39, 0.29) is 6.04 Å². The molecule has 0 spiro atoms. The van der Waals surface area contributed by atoms with Crippen molar-refractivity contribution in [2.24, 2.45) is 0 Å². The van der Waals surface area contributed by atoms with Crippen molar-refractivity contribution >= 4 is 20.8 Å². The normalized spacial score (nSPS) is 13.5. The molecule has 0 saturated heterocycles. The Hall–Kier alpha value is -1.50. The van der Waals surface area contributed by atoms with Gasteiger partial charge in [-0.15, -0.1) is 0 Å². The van der Waals surface area contributed by atoms with Crippen molar-refractivity contribution < 1.29 is 8.42 Å². The highest BCUT2D eigenvalue weighted by Gasteiger charge is 2.19. The first kappa shape index (κ1) is 18.8. The molecule has 0 aliphatic heterocycles. The zero-order chi connectivity index (χ0) is 17.6. The van der Waals surface area contributed by atoms with Crippen LogP contribution in [0.25, 0.3) is 10.8 Å². The van der Waals surface area contributed by atoms with Crippen LogP contribution in [0, 0.1) is 0 Å². The molecule has 0 aliphatic rings. The van der Waals surface area contributed by atoms with Crippen LogP contribution >= 0.6 is 0 Å². The Bertz CT molecular complexity index is 752. The smallest absolute Gasteiger partial charge is 0.241 e. The summed E-state index contributed by atoms with van der Waals surface area (Å²) in [5.74, 6) is 0. The van der Waals surface area contributed by atoms with Crippen molar-refractivity contribution in [2.45, 2.75) is 44.6 Å². The Balaban J connectivity index is 2.05. The van der Waals surface area contributed by atoms with Crippen LogP contribution in [-0.4, -0.2) is 44.0 Å². The monoisotopic (exact) mass is 349 g/mol. The van der Waals surface area contributed by atoms with E-state index in [2.05, 4.69) is 28.5 Å². The minimum absolute atomic E-state index is 0.0948. The van der Waals surface area contributed by atoms with Gasteiger partial charge in [-0.3, -0.25) is 4.98 Å². The average Bonchev–Trinajstić information content (AvgIpc) is 2.57. The highest BCUT2D eigenvalue weighted by molar-refractivity contribution is 7.89. The third kappa shape index (κ3) is 4.75. The molecule has 6 heteroatoms. The summed E-state index contributed by atoms with van der Waals surface area (Å²) in [7, 11) is -3.54. The van der Waals surface area contributed by atoms with Crippen molar-refractivity contribution in [1.82, 2.24) is 14.6 Å². The Kier molecular flexibility index (Phi) is 6.71. The van der Waals surface area contributed by atoms with Crippen molar-refractivity contribution in [3.8, 4) is 0 Å². The van der Waals surface area contributed by atoms with E-state index in [1.165, 1.54) is 0 Å². The summed E-state index contributed by atoms with van der Waals surface area (Å²) in [6.45, 7) is 9.27. The maximum Gasteiger partial charge on any atom is 0.241 e. The molecular weight excluding hydrogens is 322 g/mol. The number of aromatic nitrogens is 1. The van der Waals surface area contributed by atoms with Gasteiger partial charge in [0.25, 0.3) is 0 Å². The molecule has 0 bridgehead atoms. The van der Waals surface area contributed by atoms with Gasteiger partial charge < -0.3 is 4.90 Å². The average molecular weight is 350 g/mol. The maximum atomic E-state index is 12.7. The lowest BCUT2D eigenvalue weighted by molar-refractivity contribution is 0.293. The van der Waals surface area contributed by atoms with Gasteiger partial charge in [-0.2, -0.15) is 0 Å². The highest BCUT2D eigenvalue weighted by atomic mass is 32.2. The first-order chi connectivity index (χ1) is 11.5. The molecule has 1 N–H and O–H groups in total. The second-order valence-electron chi connectivity index (χ2n) is 6.04. The third-order valence-electron chi connectivity index (χ3n) is 4.29. The van der Waals surface area contributed by atoms with E-state index in [1.807, 2.05) is 13.0 Å². The molecule has 1 unspecified atom stereocenters. The van der Waals surface area contributed by atoms with Crippen LogP contribution in [0.4, 0.5) is 0 Å². The minimum Gasteiger partial charge on any atom is -0.304 e. The van der Waals surface area contributed by atoms with Crippen LogP contribution in [0.3, 0.4) is 0 Å². The first-order valence-electron chi connectivity index (χ1n) is 8.55. The molecule has 1 aromatic heterocycles. The zero-order valence-corrected chi connectivity index (χ0v) is 15.5. The number of nitrogens with one attached hydrogen (secondary N) is 1. The second kappa shape index (κ2) is 8.55. The van der Waals surface area contributed by atoms with Gasteiger partial charge in [-0.25, -0.2) is 13.1 Å². The van der Waals surface area contributed by atoms with Crippen LogP contribution in [0.15, 0.2) is 41.6 Å². The third-order valence-corrected chi connectivity index (χ3v) is 5.94. The Labute approximate surface area is 145 Å². The number of pyridine rings is 1. The molecule has 2 rings (SSSR count). The van der Waals surface area contributed by atoms with Gasteiger partial charge in [0.2, 0.25) is 10.0 Å². The van der Waals surface area contributed by atoms with Crippen molar-refractivity contribution in [2.75, 3.05) is 19.6 Å². The predicted molar refractivity (Wildman–Crippen MR) is 98.5 cm³/mol. The van der Waals surface area contributed by atoms with Crippen LogP contribution < -0.4 is 4.72 Å². The number of fused-ring (bicyclic) bond motifs is 1. The second-order valence-corrected chi connectivity index (χ2v) is 7.73. The molecule has 1 atom stereocenters. The molecule has 0 fully saturated rings. The van der Waals surface area contributed by atoms with E-state index in [0.29, 0.717) is 10.3 Å². The summed E-state index contributed by atoms with van der Waals surface area (Å²) in [5.41, 5.74) is 0. The lowest BCUT2D eigenvalue weighted by Gasteiger charge is -2.20. The van der Waals surface area contributed by atoms with Crippen molar-refractivity contribution in [3.05, 3.63) is 36.7 Å². The number of benzene rings is 1. The summed E-state index contributed by atoms with van der Waals surface area (Å²) in [6, 6.07) is 6.92. The summed E-state index contributed by atoms with van der Waals surface area (Å²) >= 11 is 0. The van der Waals surface area contributed by atoms with E-state index in [0.717, 1.165) is 37.9 Å². The number of nitrogens with zero attached hydrogens (tertiary/aromatic N) is 2. The number of hydrogen-bond donors (Lipinski definition) is 1. The molecule has 0 saturated carbocycles. The predicted octanol–water partition coefficient (Wildman–Crippen LogP) is 3.02. The zero-order valence-electron chi connectivity index (χ0n) is 14.7. The topological polar surface area (TPSA) is 62.3 Å². The molecule has 5 nitrogen and oxygen atoms in total. The van der Waals surface area contributed by atoms with Crippen LogP contribution in [0.2, 0.25) is 0 Å². The largest absolute Gasteiger partial charge is 0.304 e. The fourth-order valence-electron chi connectivity index (χ4n) is 2.88.